The van der Waals surface area contributed by atoms with Crippen molar-refractivity contribution in [2.24, 2.45) is 0 Å². The number of benzene rings is 1. The molecule has 19 heavy (non-hydrogen) atoms. The zero-order valence-electron chi connectivity index (χ0n) is 10.5. The number of pyridine rings is 1. The third kappa shape index (κ3) is 3.30. The van der Waals surface area contributed by atoms with Crippen LogP contribution in [0.3, 0.4) is 0 Å². The van der Waals surface area contributed by atoms with Crippen LogP contribution in [0.15, 0.2) is 47.5 Å². The number of hydrogen-bond acceptors (Lipinski definition) is 4. The predicted octanol–water partition coefficient (Wildman–Crippen LogP) is 1.45. The predicted molar refractivity (Wildman–Crippen MR) is 73.9 cm³/mol. The molecule has 100 valence electrons. The minimum Gasteiger partial charge on any atom is -0.399 e. The van der Waals surface area contributed by atoms with Gasteiger partial charge in [-0.2, -0.15) is 0 Å². The second-order valence-electron chi connectivity index (χ2n) is 4.16. The van der Waals surface area contributed by atoms with E-state index in [0.717, 1.165) is 5.56 Å². The maximum absolute atomic E-state index is 12.1. The molecule has 6 heteroatoms. The van der Waals surface area contributed by atoms with E-state index in [2.05, 4.69) is 9.71 Å². The lowest BCUT2D eigenvalue weighted by Gasteiger charge is -2.08. The van der Waals surface area contributed by atoms with E-state index in [4.69, 9.17) is 5.73 Å². The average molecular weight is 277 g/mol. The summed E-state index contributed by atoms with van der Waals surface area (Å²) in [4.78, 5) is 4.29. The Morgan fingerprint density at radius 1 is 1.26 bits per heavy atom. The number of nitrogens with one attached hydrogen (secondary N) is 1. The number of sulfonamides is 1. The number of nitrogens with two attached hydrogens (primary N) is 1. The fraction of sp³-hybridized carbons (Fsp3) is 0.154. The number of rotatable bonds is 4. The molecule has 0 fully saturated rings. The van der Waals surface area contributed by atoms with E-state index in [1.807, 2.05) is 19.1 Å². The molecule has 0 spiro atoms. The average Bonchev–Trinajstić information content (AvgIpc) is 2.38. The quantitative estimate of drug-likeness (QED) is 0.828. The first-order chi connectivity index (χ1) is 8.99. The highest BCUT2D eigenvalue weighted by Gasteiger charge is 2.14. The van der Waals surface area contributed by atoms with E-state index in [1.165, 1.54) is 12.1 Å². The van der Waals surface area contributed by atoms with Crippen molar-refractivity contribution in [3.05, 3.63) is 53.9 Å². The summed E-state index contributed by atoms with van der Waals surface area (Å²) < 4.78 is 26.7. The number of hydrogen-bond donors (Lipinski definition) is 2. The van der Waals surface area contributed by atoms with Crippen LogP contribution in [-0.2, 0) is 16.6 Å². The number of nitrogens with zero attached hydrogens (tertiary/aromatic N) is 1. The van der Waals surface area contributed by atoms with Gasteiger partial charge in [0.05, 0.1) is 17.1 Å². The monoisotopic (exact) mass is 277 g/mol. The van der Waals surface area contributed by atoms with Gasteiger partial charge in [-0.15, -0.1) is 0 Å². The Kier molecular flexibility index (Phi) is 3.82. The lowest BCUT2D eigenvalue weighted by molar-refractivity contribution is 0.580. The van der Waals surface area contributed by atoms with Crippen molar-refractivity contribution in [1.82, 2.24) is 9.71 Å². The van der Waals surface area contributed by atoms with Gasteiger partial charge in [0, 0.05) is 11.9 Å². The zero-order chi connectivity index (χ0) is 13.9. The first-order valence-electron chi connectivity index (χ1n) is 5.75. The van der Waals surface area contributed by atoms with Crippen LogP contribution in [-0.4, -0.2) is 13.4 Å². The largest absolute Gasteiger partial charge is 0.399 e. The van der Waals surface area contributed by atoms with Crippen LogP contribution in [0.2, 0.25) is 0 Å². The Balaban J connectivity index is 2.17. The van der Waals surface area contributed by atoms with Crippen LogP contribution in [0.25, 0.3) is 0 Å². The summed E-state index contributed by atoms with van der Waals surface area (Å²) in [6.07, 6.45) is 1.64. The van der Waals surface area contributed by atoms with Gasteiger partial charge in [-0.25, -0.2) is 13.1 Å². The molecule has 2 rings (SSSR count). The molecular formula is C13H15N3O2S. The number of aromatic nitrogens is 1. The van der Waals surface area contributed by atoms with E-state index in [0.29, 0.717) is 11.4 Å². The smallest absolute Gasteiger partial charge is 0.240 e. The zero-order valence-corrected chi connectivity index (χ0v) is 11.3. The number of aryl methyl sites for hydroxylation is 1. The molecule has 0 bridgehead atoms. The number of anilines is 1. The summed E-state index contributed by atoms with van der Waals surface area (Å²) in [5.41, 5.74) is 7.64. The molecule has 1 aromatic carbocycles. The maximum atomic E-state index is 12.1. The Bertz CT molecular complexity index is 684. The molecule has 0 unspecified atom stereocenters. The van der Waals surface area contributed by atoms with Crippen molar-refractivity contribution in [3.8, 4) is 0 Å². The van der Waals surface area contributed by atoms with E-state index >= 15 is 0 Å². The van der Waals surface area contributed by atoms with Gasteiger partial charge >= 0.3 is 0 Å². The number of nitrogen functional groups attached to an aromatic ring is 1. The van der Waals surface area contributed by atoms with Crippen molar-refractivity contribution in [1.29, 1.82) is 0 Å². The summed E-state index contributed by atoms with van der Waals surface area (Å²) in [6, 6.07) is 9.87. The van der Waals surface area contributed by atoms with E-state index < -0.39 is 10.0 Å². The Morgan fingerprint density at radius 2 is 2.05 bits per heavy atom. The van der Waals surface area contributed by atoms with Crippen molar-refractivity contribution in [3.63, 3.8) is 0 Å². The van der Waals surface area contributed by atoms with Gasteiger partial charge in [-0.05, 0) is 36.8 Å². The molecule has 0 radical (unpaired) electrons. The van der Waals surface area contributed by atoms with Gasteiger partial charge in [0.25, 0.3) is 0 Å². The molecule has 0 amide bonds. The molecule has 0 aliphatic heterocycles. The van der Waals surface area contributed by atoms with Gasteiger partial charge in [0.15, 0.2) is 0 Å². The van der Waals surface area contributed by atoms with E-state index in [-0.39, 0.29) is 11.4 Å². The van der Waals surface area contributed by atoms with E-state index in [1.54, 1.807) is 18.3 Å². The maximum Gasteiger partial charge on any atom is 0.240 e. The molecule has 5 nitrogen and oxygen atoms in total. The summed E-state index contributed by atoms with van der Waals surface area (Å²) >= 11 is 0. The normalized spacial score (nSPS) is 11.4. The minimum atomic E-state index is -3.57. The van der Waals surface area contributed by atoms with Gasteiger partial charge in [0.2, 0.25) is 10.0 Å². The second kappa shape index (κ2) is 5.38. The molecular weight excluding hydrogens is 262 g/mol. The van der Waals surface area contributed by atoms with Crippen LogP contribution >= 0.6 is 0 Å². The topological polar surface area (TPSA) is 85.1 Å². The van der Waals surface area contributed by atoms with Crippen LogP contribution in [0, 0.1) is 6.92 Å². The van der Waals surface area contributed by atoms with Crippen LogP contribution in [0.5, 0.6) is 0 Å². The highest BCUT2D eigenvalue weighted by atomic mass is 32.2. The van der Waals surface area contributed by atoms with Gasteiger partial charge < -0.3 is 5.73 Å². The van der Waals surface area contributed by atoms with Gasteiger partial charge in [0.1, 0.15) is 0 Å². The van der Waals surface area contributed by atoms with Crippen molar-refractivity contribution in [2.45, 2.75) is 18.4 Å². The van der Waals surface area contributed by atoms with Gasteiger partial charge in [-0.1, -0.05) is 12.1 Å². The minimum absolute atomic E-state index is 0.154. The molecule has 0 aliphatic carbocycles. The van der Waals surface area contributed by atoms with Crippen molar-refractivity contribution < 1.29 is 8.42 Å². The highest BCUT2D eigenvalue weighted by molar-refractivity contribution is 7.89. The van der Waals surface area contributed by atoms with Crippen LogP contribution < -0.4 is 10.5 Å². The third-order valence-electron chi connectivity index (χ3n) is 2.72. The van der Waals surface area contributed by atoms with Crippen LogP contribution in [0.1, 0.15) is 11.3 Å². The lowest BCUT2D eigenvalue weighted by atomic mass is 10.2. The summed E-state index contributed by atoms with van der Waals surface area (Å²) in [7, 11) is -3.57. The van der Waals surface area contributed by atoms with Gasteiger partial charge in [-0.3, -0.25) is 4.98 Å². The molecule has 2 aromatic rings. The molecule has 0 saturated heterocycles. The molecule has 1 heterocycles. The standard InChI is InChI=1S/C13H15N3O2S/c1-10-4-3-7-15-13(10)9-16-19(17,18)12-6-2-5-11(14)8-12/h2-8,16H,9,14H2,1H3. The van der Waals surface area contributed by atoms with Crippen molar-refractivity contribution in [2.75, 3.05) is 5.73 Å². The molecule has 3 N–H and O–H groups in total. The Morgan fingerprint density at radius 3 is 2.74 bits per heavy atom. The summed E-state index contributed by atoms with van der Waals surface area (Å²) in [5.74, 6) is 0. The van der Waals surface area contributed by atoms with E-state index in [9.17, 15) is 8.42 Å². The Labute approximate surface area is 112 Å². The van der Waals surface area contributed by atoms with Crippen molar-refractivity contribution >= 4 is 15.7 Å². The molecule has 1 aromatic heterocycles. The summed E-state index contributed by atoms with van der Waals surface area (Å²) in [6.45, 7) is 2.04. The highest BCUT2D eigenvalue weighted by Crippen LogP contribution is 2.13. The fourth-order valence-corrected chi connectivity index (χ4v) is 2.67. The SMILES string of the molecule is Cc1cccnc1CNS(=O)(=O)c1cccc(N)c1. The lowest BCUT2D eigenvalue weighted by Crippen LogP contribution is -2.24. The van der Waals surface area contributed by atoms with Crippen LogP contribution in [0.4, 0.5) is 5.69 Å². The second-order valence-corrected chi connectivity index (χ2v) is 5.93. The third-order valence-corrected chi connectivity index (χ3v) is 4.11. The molecule has 0 saturated carbocycles. The fourth-order valence-electron chi connectivity index (χ4n) is 1.63. The Hall–Kier alpha value is -1.92. The molecule has 0 aliphatic rings. The first kappa shape index (κ1) is 13.5. The first-order valence-corrected chi connectivity index (χ1v) is 7.23. The molecule has 0 atom stereocenters. The summed E-state index contributed by atoms with van der Waals surface area (Å²) in [5, 5.41) is 0.